The molecule has 4 aromatic rings. The Kier molecular flexibility index (Phi) is 5.99. The van der Waals surface area contributed by atoms with Crippen molar-refractivity contribution in [2.24, 2.45) is 19.8 Å². The number of nitrogens with two attached hydrogens (primary N) is 1. The Balaban J connectivity index is 1.39. The van der Waals surface area contributed by atoms with E-state index in [-0.39, 0.29) is 17.6 Å². The molecule has 0 saturated heterocycles. The summed E-state index contributed by atoms with van der Waals surface area (Å²) in [7, 11) is 4.86. The summed E-state index contributed by atoms with van der Waals surface area (Å²) in [6, 6.07) is 14.2. The number of rotatable bonds is 6. The number of fused-ring (bicyclic) bond motifs is 1. The number of aryl methyl sites for hydroxylation is 2. The maximum atomic E-state index is 13.1. The first kappa shape index (κ1) is 23.9. The minimum atomic E-state index is -0.570. The fourth-order valence-electron chi connectivity index (χ4n) is 4.54. The zero-order chi connectivity index (χ0) is 26.3. The van der Waals surface area contributed by atoms with Crippen molar-refractivity contribution < 1.29 is 14.3 Å². The van der Waals surface area contributed by atoms with Crippen molar-refractivity contribution in [3.63, 3.8) is 0 Å². The Morgan fingerprint density at radius 3 is 2.46 bits per heavy atom. The molecule has 12 heteroatoms. The number of aromatic nitrogens is 5. The summed E-state index contributed by atoms with van der Waals surface area (Å²) >= 11 is 0. The third kappa shape index (κ3) is 4.33. The topological polar surface area (TPSA) is 142 Å². The monoisotopic (exact) mass is 502 g/mol. The van der Waals surface area contributed by atoms with Gasteiger partial charge in [0.1, 0.15) is 0 Å². The first-order valence-electron chi connectivity index (χ1n) is 11.6. The highest BCUT2D eigenvalue weighted by molar-refractivity contribution is 6.05. The number of hydrogen-bond donors (Lipinski definition) is 2. The van der Waals surface area contributed by atoms with Crippen LogP contribution in [0.4, 0.5) is 11.4 Å². The van der Waals surface area contributed by atoms with Crippen LogP contribution in [0.25, 0.3) is 5.69 Å². The highest BCUT2D eigenvalue weighted by atomic mass is 16.5. The molecule has 0 bridgehead atoms. The lowest BCUT2D eigenvalue weighted by Crippen LogP contribution is -2.31. The second-order valence-electron chi connectivity index (χ2n) is 8.71. The molecule has 1 aliphatic rings. The Bertz CT molecular complexity index is 1560. The van der Waals surface area contributed by atoms with Gasteiger partial charge in [-0.3, -0.25) is 14.3 Å². The first-order valence-corrected chi connectivity index (χ1v) is 11.6. The van der Waals surface area contributed by atoms with E-state index in [1.54, 1.807) is 29.9 Å². The van der Waals surface area contributed by atoms with E-state index >= 15 is 0 Å². The number of methoxy groups -OCH3 is 1. The van der Waals surface area contributed by atoms with Crippen LogP contribution in [-0.2, 0) is 27.1 Å². The standard InChI is InChI=1S/C25H26N8O4/c1-30-20-11-12-32(17-7-9-18(10-8-17)33-24(37-3)29-31(2)25(33)36)14-19(20)21(28-30)23(35)27-16-6-4-5-15(13-16)22(26)34/h4-10,13H,11-12,14H2,1-3H3,(H2,26,34)(H,27,35). The normalized spacial score (nSPS) is 12.8. The van der Waals surface area contributed by atoms with Crippen molar-refractivity contribution in [3.8, 4) is 11.7 Å². The SMILES string of the molecule is COc1nn(C)c(=O)n1-c1ccc(N2CCc3c(c(C(=O)Nc4cccc(C(N)=O)c4)nn3C)C2)cc1. The highest BCUT2D eigenvalue weighted by Crippen LogP contribution is 2.28. The lowest BCUT2D eigenvalue weighted by Gasteiger charge is -2.29. The summed E-state index contributed by atoms with van der Waals surface area (Å²) in [5, 5.41) is 11.4. The van der Waals surface area contributed by atoms with Crippen LogP contribution in [0.15, 0.2) is 53.3 Å². The highest BCUT2D eigenvalue weighted by Gasteiger charge is 2.28. The van der Waals surface area contributed by atoms with Gasteiger partial charge in [-0.2, -0.15) is 5.10 Å². The molecule has 1 aliphatic heterocycles. The fraction of sp³-hybridized carbons (Fsp3) is 0.240. The smallest absolute Gasteiger partial charge is 0.353 e. The van der Waals surface area contributed by atoms with E-state index in [1.807, 2.05) is 31.3 Å². The van der Waals surface area contributed by atoms with Gasteiger partial charge in [-0.05, 0) is 42.5 Å². The van der Waals surface area contributed by atoms with E-state index in [0.29, 0.717) is 35.6 Å². The van der Waals surface area contributed by atoms with Crippen LogP contribution in [0.2, 0.25) is 0 Å². The number of carbonyl (C=O) groups is 2. The van der Waals surface area contributed by atoms with E-state index in [9.17, 15) is 14.4 Å². The summed E-state index contributed by atoms with van der Waals surface area (Å²) in [5.74, 6) is -0.932. The van der Waals surface area contributed by atoms with Gasteiger partial charge in [-0.25, -0.2) is 14.0 Å². The summed E-state index contributed by atoms with van der Waals surface area (Å²) in [6.45, 7) is 1.23. The Morgan fingerprint density at radius 1 is 1.03 bits per heavy atom. The number of benzene rings is 2. The van der Waals surface area contributed by atoms with Crippen molar-refractivity contribution in [3.05, 3.63) is 81.5 Å². The summed E-state index contributed by atoms with van der Waals surface area (Å²) in [5.41, 5.74) is 9.56. The van der Waals surface area contributed by atoms with Crippen molar-refractivity contribution >= 4 is 23.2 Å². The summed E-state index contributed by atoms with van der Waals surface area (Å²) in [6.07, 6.45) is 0.709. The molecule has 0 aliphatic carbocycles. The molecular weight excluding hydrogens is 476 g/mol. The number of hydrogen-bond acceptors (Lipinski definition) is 7. The predicted molar refractivity (Wildman–Crippen MR) is 136 cm³/mol. The molecule has 0 radical (unpaired) electrons. The van der Waals surface area contributed by atoms with Crippen LogP contribution < -0.4 is 26.4 Å². The molecule has 0 unspecified atom stereocenters. The van der Waals surface area contributed by atoms with Crippen LogP contribution in [-0.4, -0.2) is 49.6 Å². The zero-order valence-corrected chi connectivity index (χ0v) is 20.6. The minimum absolute atomic E-state index is 0.204. The zero-order valence-electron chi connectivity index (χ0n) is 20.6. The van der Waals surface area contributed by atoms with Crippen LogP contribution in [0.5, 0.6) is 6.01 Å². The lowest BCUT2D eigenvalue weighted by atomic mass is 10.0. The summed E-state index contributed by atoms with van der Waals surface area (Å²) < 4.78 is 9.60. The number of ether oxygens (including phenoxy) is 1. The van der Waals surface area contributed by atoms with Gasteiger partial charge in [0.25, 0.3) is 5.91 Å². The maximum absolute atomic E-state index is 13.1. The quantitative estimate of drug-likeness (QED) is 0.404. The molecule has 2 aromatic heterocycles. The fourth-order valence-corrected chi connectivity index (χ4v) is 4.54. The first-order chi connectivity index (χ1) is 17.8. The Labute approximate surface area is 211 Å². The van der Waals surface area contributed by atoms with E-state index < -0.39 is 5.91 Å². The number of carbonyl (C=O) groups excluding carboxylic acids is 2. The average Bonchev–Trinajstić information content (AvgIpc) is 3.39. The van der Waals surface area contributed by atoms with Gasteiger partial charge >= 0.3 is 11.7 Å². The second-order valence-corrected chi connectivity index (χ2v) is 8.71. The maximum Gasteiger partial charge on any atom is 0.353 e. The molecule has 5 rings (SSSR count). The van der Waals surface area contributed by atoms with E-state index in [1.165, 1.54) is 22.4 Å². The number of primary amides is 1. The summed E-state index contributed by atoms with van der Waals surface area (Å²) in [4.78, 5) is 39.2. The molecule has 12 nitrogen and oxygen atoms in total. The van der Waals surface area contributed by atoms with Gasteiger partial charge in [0.15, 0.2) is 5.69 Å². The molecular formula is C25H26N8O4. The molecule has 2 amide bonds. The van der Waals surface area contributed by atoms with Gasteiger partial charge < -0.3 is 20.7 Å². The van der Waals surface area contributed by atoms with Crippen LogP contribution in [0, 0.1) is 0 Å². The molecule has 190 valence electrons. The third-order valence-corrected chi connectivity index (χ3v) is 6.41. The van der Waals surface area contributed by atoms with Gasteiger partial charge in [0.2, 0.25) is 5.91 Å². The minimum Gasteiger partial charge on any atom is -0.467 e. The Morgan fingerprint density at radius 2 is 1.76 bits per heavy atom. The van der Waals surface area contributed by atoms with E-state index in [0.717, 1.165) is 23.5 Å². The number of nitrogens with one attached hydrogen (secondary N) is 1. The van der Waals surface area contributed by atoms with Gasteiger partial charge in [0, 0.05) is 61.8 Å². The molecule has 3 N–H and O–H groups in total. The van der Waals surface area contributed by atoms with Gasteiger partial charge in [-0.15, -0.1) is 5.10 Å². The van der Waals surface area contributed by atoms with Crippen molar-refractivity contribution in [2.75, 3.05) is 23.9 Å². The number of amides is 2. The number of anilines is 2. The van der Waals surface area contributed by atoms with Gasteiger partial charge in [0.05, 0.1) is 12.8 Å². The average molecular weight is 503 g/mol. The van der Waals surface area contributed by atoms with Crippen molar-refractivity contribution in [1.82, 2.24) is 24.1 Å². The molecule has 37 heavy (non-hydrogen) atoms. The van der Waals surface area contributed by atoms with E-state index in [2.05, 4.69) is 20.4 Å². The molecule has 0 saturated carbocycles. The number of nitrogens with zero attached hydrogens (tertiary/aromatic N) is 6. The van der Waals surface area contributed by atoms with Gasteiger partial charge in [-0.1, -0.05) is 6.07 Å². The predicted octanol–water partition coefficient (Wildman–Crippen LogP) is 1.23. The Hall–Kier alpha value is -4.87. The van der Waals surface area contributed by atoms with Crippen LogP contribution >= 0.6 is 0 Å². The van der Waals surface area contributed by atoms with Crippen molar-refractivity contribution in [1.29, 1.82) is 0 Å². The van der Waals surface area contributed by atoms with Crippen molar-refractivity contribution in [2.45, 2.75) is 13.0 Å². The molecule has 2 aromatic carbocycles. The molecule has 3 heterocycles. The second kappa shape index (κ2) is 9.30. The van der Waals surface area contributed by atoms with Crippen LogP contribution in [0.3, 0.4) is 0 Å². The van der Waals surface area contributed by atoms with E-state index in [4.69, 9.17) is 10.5 Å². The largest absolute Gasteiger partial charge is 0.467 e. The molecule has 0 spiro atoms. The third-order valence-electron chi connectivity index (χ3n) is 6.41. The molecule has 0 fully saturated rings. The van der Waals surface area contributed by atoms with Crippen LogP contribution in [0.1, 0.15) is 32.1 Å². The molecule has 0 atom stereocenters. The lowest BCUT2D eigenvalue weighted by molar-refractivity contribution is 0.0995.